The van der Waals surface area contributed by atoms with E-state index >= 15 is 0 Å². The van der Waals surface area contributed by atoms with Gasteiger partial charge in [0.1, 0.15) is 17.9 Å². The second-order valence-corrected chi connectivity index (χ2v) is 10.7. The summed E-state index contributed by atoms with van der Waals surface area (Å²) in [5.41, 5.74) is 2.53. The van der Waals surface area contributed by atoms with Crippen LogP contribution in [0.25, 0.3) is 34.1 Å². The molecule has 1 atom stereocenters. The molecular formula is C26H29ClFN7O3. The molecule has 1 aromatic carbocycles. The van der Waals surface area contributed by atoms with Gasteiger partial charge in [0.25, 0.3) is 0 Å². The second-order valence-electron chi connectivity index (χ2n) is 10.2. The van der Waals surface area contributed by atoms with Gasteiger partial charge in [0.05, 0.1) is 19.3 Å². The summed E-state index contributed by atoms with van der Waals surface area (Å²) in [6.07, 6.45) is 4.58. The standard InChI is InChI=1S/C26H29ClFN7O3/c1-15-5-7-16(8-6-15)13-35-21-20(17-3-2-4-18(27)11-17)29-23(24-32-26(36)38-33-24)30-22(21)31-25(35)34-9-10-37-14-19(34)12-28/h2-4,11,15-16,19H,5-10,12-14H2,1H3,(H,32,33,36)/t15-,16-,19-/m1/s1. The number of halogens is 2. The molecule has 3 aromatic heterocycles. The summed E-state index contributed by atoms with van der Waals surface area (Å²) in [6.45, 7) is 3.75. The summed E-state index contributed by atoms with van der Waals surface area (Å²) >= 11 is 6.38. The number of hydrogen-bond donors (Lipinski definition) is 1. The summed E-state index contributed by atoms with van der Waals surface area (Å²) in [5, 5.41) is 4.34. The first-order valence-corrected chi connectivity index (χ1v) is 13.4. The Labute approximate surface area is 223 Å². The number of anilines is 1. The second kappa shape index (κ2) is 10.5. The first-order valence-electron chi connectivity index (χ1n) is 13.0. The fourth-order valence-corrected chi connectivity index (χ4v) is 5.69. The number of imidazole rings is 1. The zero-order chi connectivity index (χ0) is 26.2. The third-order valence-corrected chi connectivity index (χ3v) is 7.81. The molecule has 0 radical (unpaired) electrons. The van der Waals surface area contributed by atoms with E-state index in [1.165, 1.54) is 12.8 Å². The number of aromatic amines is 1. The van der Waals surface area contributed by atoms with E-state index in [9.17, 15) is 9.18 Å². The van der Waals surface area contributed by atoms with Crippen LogP contribution in [0.15, 0.2) is 33.6 Å². The third-order valence-electron chi connectivity index (χ3n) is 7.57. The molecule has 0 amide bonds. The van der Waals surface area contributed by atoms with E-state index in [0.717, 1.165) is 29.8 Å². The van der Waals surface area contributed by atoms with Crippen LogP contribution >= 0.6 is 11.6 Å². The molecule has 1 saturated heterocycles. The Morgan fingerprint density at radius 1 is 1.18 bits per heavy atom. The summed E-state index contributed by atoms with van der Waals surface area (Å²) in [5.74, 6) is 1.39. The first kappa shape index (κ1) is 25.0. The molecule has 1 saturated carbocycles. The van der Waals surface area contributed by atoms with Crippen molar-refractivity contribution >= 4 is 28.7 Å². The third kappa shape index (κ3) is 4.80. The normalized spacial score (nSPS) is 22.3. The van der Waals surface area contributed by atoms with Crippen LogP contribution in [0.3, 0.4) is 0 Å². The number of rotatable bonds is 6. The molecule has 12 heteroatoms. The maximum absolute atomic E-state index is 14.1. The van der Waals surface area contributed by atoms with Crippen LogP contribution in [0.4, 0.5) is 10.3 Å². The largest absolute Gasteiger partial charge is 0.439 e. The molecule has 0 bridgehead atoms. The molecule has 1 N–H and O–H groups in total. The van der Waals surface area contributed by atoms with Gasteiger partial charge in [-0.2, -0.15) is 4.98 Å². The van der Waals surface area contributed by atoms with Crippen molar-refractivity contribution in [1.29, 1.82) is 0 Å². The average molecular weight is 542 g/mol. The molecular weight excluding hydrogens is 513 g/mol. The van der Waals surface area contributed by atoms with Gasteiger partial charge in [0.2, 0.25) is 17.6 Å². The van der Waals surface area contributed by atoms with Gasteiger partial charge in [0, 0.05) is 23.7 Å². The molecule has 4 aromatic rings. The summed E-state index contributed by atoms with van der Waals surface area (Å²) in [4.78, 5) is 30.6. The van der Waals surface area contributed by atoms with E-state index in [1.807, 2.05) is 23.1 Å². The van der Waals surface area contributed by atoms with Crippen LogP contribution in [0.5, 0.6) is 0 Å². The van der Waals surface area contributed by atoms with Crippen molar-refractivity contribution in [3.63, 3.8) is 0 Å². The maximum Gasteiger partial charge on any atom is 0.439 e. The van der Waals surface area contributed by atoms with Crippen LogP contribution in [0.2, 0.25) is 5.02 Å². The molecule has 4 heterocycles. The quantitative estimate of drug-likeness (QED) is 0.379. The number of hydrogen-bond acceptors (Lipinski definition) is 8. The van der Waals surface area contributed by atoms with Crippen LogP contribution in [-0.2, 0) is 11.3 Å². The SMILES string of the molecule is C[C@H]1CC[C@H](Cn2c(N3CCOC[C@H]3CF)nc3nc(-c4noc(=O)[nH]4)nc(-c4cccc(Cl)c4)c32)CC1. The number of aromatic nitrogens is 6. The highest BCUT2D eigenvalue weighted by Gasteiger charge is 2.31. The summed E-state index contributed by atoms with van der Waals surface area (Å²) in [6, 6.07) is 6.96. The van der Waals surface area contributed by atoms with Gasteiger partial charge in [-0.3, -0.25) is 9.51 Å². The van der Waals surface area contributed by atoms with E-state index in [2.05, 4.69) is 26.6 Å². The van der Waals surface area contributed by atoms with Gasteiger partial charge in [-0.15, -0.1) is 0 Å². The number of fused-ring (bicyclic) bond motifs is 1. The van der Waals surface area contributed by atoms with Crippen molar-refractivity contribution in [3.8, 4) is 22.9 Å². The molecule has 2 fully saturated rings. The fourth-order valence-electron chi connectivity index (χ4n) is 5.50. The van der Waals surface area contributed by atoms with Crippen molar-refractivity contribution in [1.82, 2.24) is 29.7 Å². The Kier molecular flexibility index (Phi) is 6.87. The Hall–Kier alpha value is -3.31. The van der Waals surface area contributed by atoms with Gasteiger partial charge >= 0.3 is 5.76 Å². The van der Waals surface area contributed by atoms with Crippen LogP contribution in [-0.4, -0.2) is 62.1 Å². The van der Waals surface area contributed by atoms with Gasteiger partial charge in [0.15, 0.2) is 5.65 Å². The Bertz CT molecular complexity index is 1490. The predicted octanol–water partition coefficient (Wildman–Crippen LogP) is 4.49. The summed E-state index contributed by atoms with van der Waals surface area (Å²) in [7, 11) is 0. The maximum atomic E-state index is 14.1. The van der Waals surface area contributed by atoms with E-state index < -0.39 is 18.5 Å². The lowest BCUT2D eigenvalue weighted by atomic mass is 9.83. The lowest BCUT2D eigenvalue weighted by Gasteiger charge is -2.36. The zero-order valence-corrected chi connectivity index (χ0v) is 21.8. The lowest BCUT2D eigenvalue weighted by molar-refractivity contribution is 0.0846. The van der Waals surface area contributed by atoms with E-state index in [4.69, 9.17) is 30.8 Å². The fraction of sp³-hybridized carbons (Fsp3) is 0.500. The number of ether oxygens (including phenoxy) is 1. The highest BCUT2D eigenvalue weighted by molar-refractivity contribution is 6.30. The Morgan fingerprint density at radius 2 is 2.03 bits per heavy atom. The molecule has 0 spiro atoms. The summed E-state index contributed by atoms with van der Waals surface area (Å²) < 4.78 is 26.6. The molecule has 6 rings (SSSR count). The highest BCUT2D eigenvalue weighted by Crippen LogP contribution is 2.37. The Balaban J connectivity index is 1.58. The first-order chi connectivity index (χ1) is 18.5. The number of morpholine rings is 1. The van der Waals surface area contributed by atoms with Gasteiger partial charge in [-0.1, -0.05) is 48.7 Å². The molecule has 10 nitrogen and oxygen atoms in total. The van der Waals surface area contributed by atoms with Gasteiger partial charge in [-0.25, -0.2) is 19.2 Å². The van der Waals surface area contributed by atoms with E-state index in [-0.39, 0.29) is 11.6 Å². The minimum absolute atomic E-state index is 0.102. The smallest absolute Gasteiger partial charge is 0.377 e. The number of H-pyrrole nitrogens is 1. The topological polar surface area (TPSA) is 115 Å². The van der Waals surface area contributed by atoms with Gasteiger partial charge in [-0.05, 0) is 36.8 Å². The molecule has 1 aliphatic heterocycles. The molecule has 38 heavy (non-hydrogen) atoms. The van der Waals surface area contributed by atoms with Crippen molar-refractivity contribution in [2.75, 3.05) is 31.3 Å². The molecule has 2 aliphatic rings. The van der Waals surface area contributed by atoms with E-state index in [0.29, 0.717) is 54.5 Å². The highest BCUT2D eigenvalue weighted by atomic mass is 35.5. The van der Waals surface area contributed by atoms with E-state index in [1.54, 1.807) is 6.07 Å². The van der Waals surface area contributed by atoms with Crippen molar-refractivity contribution in [3.05, 3.63) is 39.8 Å². The minimum atomic E-state index is -0.704. The zero-order valence-electron chi connectivity index (χ0n) is 21.1. The average Bonchev–Trinajstić information content (AvgIpc) is 3.53. The molecule has 0 unspecified atom stereocenters. The van der Waals surface area contributed by atoms with Gasteiger partial charge < -0.3 is 14.2 Å². The number of benzene rings is 1. The number of alkyl halides is 1. The number of nitrogens with zero attached hydrogens (tertiary/aromatic N) is 6. The number of nitrogens with one attached hydrogen (secondary N) is 1. The van der Waals surface area contributed by atoms with Crippen molar-refractivity contribution < 1.29 is 13.7 Å². The van der Waals surface area contributed by atoms with Crippen LogP contribution in [0.1, 0.15) is 32.6 Å². The Morgan fingerprint density at radius 3 is 2.76 bits per heavy atom. The van der Waals surface area contributed by atoms with Crippen LogP contribution < -0.4 is 10.7 Å². The molecule has 200 valence electrons. The minimum Gasteiger partial charge on any atom is -0.377 e. The van der Waals surface area contributed by atoms with Crippen molar-refractivity contribution in [2.45, 2.75) is 45.2 Å². The lowest BCUT2D eigenvalue weighted by Crippen LogP contribution is -2.48. The monoisotopic (exact) mass is 541 g/mol. The van der Waals surface area contributed by atoms with Crippen LogP contribution in [0, 0.1) is 11.8 Å². The molecule has 1 aliphatic carbocycles. The predicted molar refractivity (Wildman–Crippen MR) is 141 cm³/mol. The van der Waals surface area contributed by atoms with Crippen molar-refractivity contribution in [2.24, 2.45) is 11.8 Å².